The number of benzene rings is 2. The van der Waals surface area contributed by atoms with E-state index in [1.54, 1.807) is 12.1 Å². The second-order valence-electron chi connectivity index (χ2n) is 3.94. The Hall–Kier alpha value is -1.98. The van der Waals surface area contributed by atoms with Gasteiger partial charge in [-0.2, -0.15) is 5.26 Å². The Kier molecular flexibility index (Phi) is 3.86. The lowest BCUT2D eigenvalue weighted by Crippen LogP contribution is -1.95. The minimum absolute atomic E-state index is 0.556. The number of halogens is 1. The van der Waals surface area contributed by atoms with E-state index >= 15 is 0 Å². The summed E-state index contributed by atoms with van der Waals surface area (Å²) in [7, 11) is 0. The smallest absolute Gasteiger partial charge is 0.0992 e. The first-order valence-corrected chi connectivity index (χ1v) is 6.17. The molecule has 0 heterocycles. The van der Waals surface area contributed by atoms with Crippen LogP contribution < -0.4 is 5.32 Å². The van der Waals surface area contributed by atoms with Gasteiger partial charge in [-0.25, -0.2) is 0 Å². The molecule has 0 unspecified atom stereocenters. The molecule has 2 rings (SSSR count). The molecule has 0 atom stereocenters. The average molecular weight is 257 g/mol. The van der Waals surface area contributed by atoms with Crippen molar-refractivity contribution in [1.29, 1.82) is 5.26 Å². The molecule has 0 radical (unpaired) electrons. The van der Waals surface area contributed by atoms with E-state index in [1.807, 2.05) is 24.3 Å². The van der Waals surface area contributed by atoms with Crippen LogP contribution in [0.25, 0.3) is 0 Å². The highest BCUT2D eigenvalue weighted by Crippen LogP contribution is 2.28. The summed E-state index contributed by atoms with van der Waals surface area (Å²) in [4.78, 5) is 0. The fourth-order valence-corrected chi connectivity index (χ4v) is 2.01. The molecule has 2 nitrogen and oxygen atoms in total. The molecule has 0 amide bonds. The van der Waals surface area contributed by atoms with E-state index in [0.29, 0.717) is 10.6 Å². The van der Waals surface area contributed by atoms with Crippen LogP contribution in [-0.4, -0.2) is 0 Å². The van der Waals surface area contributed by atoms with E-state index < -0.39 is 0 Å². The predicted octanol–water partition coefficient (Wildman–Crippen LogP) is 4.52. The van der Waals surface area contributed by atoms with E-state index in [-0.39, 0.29) is 0 Å². The highest BCUT2D eigenvalue weighted by molar-refractivity contribution is 6.33. The molecule has 0 aliphatic carbocycles. The van der Waals surface area contributed by atoms with Gasteiger partial charge in [0.15, 0.2) is 0 Å². The predicted molar refractivity (Wildman–Crippen MR) is 75.3 cm³/mol. The number of hydrogen-bond donors (Lipinski definition) is 1. The summed E-state index contributed by atoms with van der Waals surface area (Å²) >= 11 is 6.14. The van der Waals surface area contributed by atoms with Crippen LogP contribution in [0.15, 0.2) is 42.5 Å². The molecule has 18 heavy (non-hydrogen) atoms. The van der Waals surface area contributed by atoms with Crippen molar-refractivity contribution < 1.29 is 0 Å². The minimum atomic E-state index is 0.556. The first kappa shape index (κ1) is 12.5. The summed E-state index contributed by atoms with van der Waals surface area (Å²) < 4.78 is 0. The Morgan fingerprint density at radius 3 is 2.61 bits per heavy atom. The molecule has 0 bridgehead atoms. The molecule has 0 spiro atoms. The molecule has 0 saturated carbocycles. The van der Waals surface area contributed by atoms with Crippen LogP contribution in [0.4, 0.5) is 11.4 Å². The first-order chi connectivity index (χ1) is 8.74. The van der Waals surface area contributed by atoms with Gasteiger partial charge in [0.05, 0.1) is 22.3 Å². The maximum absolute atomic E-state index is 8.80. The number of nitrogens with one attached hydrogen (secondary N) is 1. The third-order valence-electron chi connectivity index (χ3n) is 2.77. The van der Waals surface area contributed by atoms with Gasteiger partial charge in [0.1, 0.15) is 0 Å². The van der Waals surface area contributed by atoms with Crippen LogP contribution in [0.2, 0.25) is 5.02 Å². The number of anilines is 2. The van der Waals surface area contributed by atoms with Crippen molar-refractivity contribution in [3.8, 4) is 6.07 Å². The zero-order chi connectivity index (χ0) is 13.0. The summed E-state index contributed by atoms with van der Waals surface area (Å²) in [6.07, 6.45) is 0.955. The number of aryl methyl sites for hydroxylation is 1. The van der Waals surface area contributed by atoms with E-state index in [2.05, 4.69) is 24.4 Å². The Bertz CT molecular complexity index is 600. The van der Waals surface area contributed by atoms with Crippen LogP contribution in [0.3, 0.4) is 0 Å². The van der Waals surface area contributed by atoms with Gasteiger partial charge in [-0.15, -0.1) is 0 Å². The van der Waals surface area contributed by atoms with Crippen LogP contribution in [0.1, 0.15) is 18.1 Å². The monoisotopic (exact) mass is 256 g/mol. The fourth-order valence-electron chi connectivity index (χ4n) is 1.78. The standard InChI is InChI=1S/C15H13ClN2/c1-2-12-5-3-4-6-14(12)18-15-8-7-11(10-17)9-13(15)16/h3-9,18H,2H2,1H3. The third-order valence-corrected chi connectivity index (χ3v) is 3.08. The Balaban J connectivity index is 2.32. The first-order valence-electron chi connectivity index (χ1n) is 5.79. The quantitative estimate of drug-likeness (QED) is 0.877. The van der Waals surface area contributed by atoms with Crippen molar-refractivity contribution in [2.45, 2.75) is 13.3 Å². The van der Waals surface area contributed by atoms with Crippen molar-refractivity contribution in [2.24, 2.45) is 0 Å². The Labute approximate surface area is 112 Å². The van der Waals surface area contributed by atoms with Crippen LogP contribution in [0.5, 0.6) is 0 Å². The second kappa shape index (κ2) is 5.57. The zero-order valence-electron chi connectivity index (χ0n) is 10.1. The normalized spacial score (nSPS) is 9.83. The van der Waals surface area contributed by atoms with Gasteiger partial charge >= 0.3 is 0 Å². The van der Waals surface area contributed by atoms with Gasteiger partial charge in [-0.3, -0.25) is 0 Å². The molecular formula is C15H13ClN2. The summed E-state index contributed by atoms with van der Waals surface area (Å²) in [5.74, 6) is 0. The van der Waals surface area contributed by atoms with Crippen LogP contribution in [0, 0.1) is 11.3 Å². The SMILES string of the molecule is CCc1ccccc1Nc1ccc(C#N)cc1Cl. The van der Waals surface area contributed by atoms with Crippen LogP contribution in [-0.2, 0) is 6.42 Å². The number of rotatable bonds is 3. The molecule has 3 heteroatoms. The van der Waals surface area contributed by atoms with Crippen molar-refractivity contribution >= 4 is 23.0 Å². The molecule has 1 N–H and O–H groups in total. The summed E-state index contributed by atoms with van der Waals surface area (Å²) in [5.41, 5.74) is 3.66. The zero-order valence-corrected chi connectivity index (χ0v) is 10.8. The van der Waals surface area contributed by atoms with Crippen molar-refractivity contribution in [1.82, 2.24) is 0 Å². The highest BCUT2D eigenvalue weighted by atomic mass is 35.5. The fraction of sp³-hybridized carbons (Fsp3) is 0.133. The molecule has 2 aromatic rings. The lowest BCUT2D eigenvalue weighted by atomic mass is 10.1. The van der Waals surface area contributed by atoms with Gasteiger partial charge in [-0.05, 0) is 36.2 Å². The second-order valence-corrected chi connectivity index (χ2v) is 4.35. The van der Waals surface area contributed by atoms with Crippen molar-refractivity contribution in [3.63, 3.8) is 0 Å². The lowest BCUT2D eigenvalue weighted by Gasteiger charge is -2.12. The molecule has 0 fully saturated rings. The summed E-state index contributed by atoms with van der Waals surface area (Å²) in [5, 5.41) is 12.7. The van der Waals surface area contributed by atoms with E-state index in [4.69, 9.17) is 16.9 Å². The topological polar surface area (TPSA) is 35.8 Å². The molecule has 0 aliphatic heterocycles. The van der Waals surface area contributed by atoms with Crippen molar-refractivity contribution in [3.05, 3.63) is 58.6 Å². The number of para-hydroxylation sites is 1. The van der Waals surface area contributed by atoms with Crippen molar-refractivity contribution in [2.75, 3.05) is 5.32 Å². The molecule has 0 saturated heterocycles. The van der Waals surface area contributed by atoms with Gasteiger partial charge < -0.3 is 5.32 Å². The summed E-state index contributed by atoms with van der Waals surface area (Å²) in [6, 6.07) is 15.4. The Morgan fingerprint density at radius 1 is 1.17 bits per heavy atom. The maximum Gasteiger partial charge on any atom is 0.0992 e. The van der Waals surface area contributed by atoms with Gasteiger partial charge in [0, 0.05) is 5.69 Å². The van der Waals surface area contributed by atoms with Gasteiger partial charge in [0.25, 0.3) is 0 Å². The molecule has 90 valence electrons. The largest absolute Gasteiger partial charge is 0.354 e. The highest BCUT2D eigenvalue weighted by Gasteiger charge is 2.04. The van der Waals surface area contributed by atoms with E-state index in [0.717, 1.165) is 17.8 Å². The summed E-state index contributed by atoms with van der Waals surface area (Å²) in [6.45, 7) is 2.11. The molecule has 0 aliphatic rings. The maximum atomic E-state index is 8.80. The number of nitrogens with zero attached hydrogens (tertiary/aromatic N) is 1. The Morgan fingerprint density at radius 2 is 1.94 bits per heavy atom. The van der Waals surface area contributed by atoms with Gasteiger partial charge in [0.2, 0.25) is 0 Å². The minimum Gasteiger partial charge on any atom is -0.354 e. The number of hydrogen-bond acceptors (Lipinski definition) is 2. The molecule has 2 aromatic carbocycles. The van der Waals surface area contributed by atoms with Crippen LogP contribution >= 0.6 is 11.6 Å². The molecule has 0 aromatic heterocycles. The van der Waals surface area contributed by atoms with Gasteiger partial charge in [-0.1, -0.05) is 36.7 Å². The van der Waals surface area contributed by atoms with E-state index in [1.165, 1.54) is 5.56 Å². The average Bonchev–Trinajstić information content (AvgIpc) is 2.41. The third kappa shape index (κ3) is 2.64. The lowest BCUT2D eigenvalue weighted by molar-refractivity contribution is 1.14. The molecular weight excluding hydrogens is 244 g/mol. The number of nitriles is 1. The van der Waals surface area contributed by atoms with E-state index in [9.17, 15) is 0 Å².